The first-order valence-corrected chi connectivity index (χ1v) is 11.2. The van der Waals surface area contributed by atoms with Gasteiger partial charge in [-0.05, 0) is 55.5 Å². The Morgan fingerprint density at radius 2 is 1.71 bits per heavy atom. The number of aliphatic hydroxyl groups is 1. The van der Waals surface area contributed by atoms with Crippen LogP contribution in [0.4, 0.5) is 13.2 Å². The normalized spacial score (nSPS) is 26.2. The van der Waals surface area contributed by atoms with Crippen molar-refractivity contribution in [1.82, 2.24) is 15.0 Å². The van der Waals surface area contributed by atoms with Crippen LogP contribution in [0.1, 0.15) is 42.7 Å². The molecule has 4 heterocycles. The fourth-order valence-electron chi connectivity index (χ4n) is 5.40. The van der Waals surface area contributed by atoms with Crippen molar-refractivity contribution in [1.29, 1.82) is 0 Å². The number of nitrogens with zero attached hydrogens (tertiary/aromatic N) is 3. The largest absolute Gasteiger partial charge is 0.454 e. The molecule has 3 aliphatic heterocycles. The second kappa shape index (κ2) is 7.71. The highest BCUT2D eigenvalue weighted by Gasteiger charge is 2.49. The number of rotatable bonds is 4. The summed E-state index contributed by atoms with van der Waals surface area (Å²) in [5, 5.41) is 15.5. The van der Waals surface area contributed by atoms with Crippen LogP contribution in [0.2, 0.25) is 0 Å². The van der Waals surface area contributed by atoms with Crippen molar-refractivity contribution in [2.24, 2.45) is 0 Å². The molecule has 2 fully saturated rings. The quantitative estimate of drug-likeness (QED) is 0.598. The molecule has 0 spiro atoms. The second-order valence-electron chi connectivity index (χ2n) is 9.15. The summed E-state index contributed by atoms with van der Waals surface area (Å²) in [7, 11) is 0. The molecule has 2 saturated heterocycles. The predicted octanol–water partition coefficient (Wildman–Crippen LogP) is 4.50. The number of benzene rings is 2. The second-order valence-corrected chi connectivity index (χ2v) is 9.15. The molecule has 0 saturated carbocycles. The average molecular weight is 473 g/mol. The minimum atomic E-state index is -4.39. The molecule has 0 aliphatic carbocycles. The number of hydrogen-bond acceptors (Lipinski definition) is 7. The smallest absolute Gasteiger partial charge is 0.416 e. The lowest BCUT2D eigenvalue weighted by molar-refractivity contribution is -0.137. The Kier molecular flexibility index (Phi) is 4.86. The van der Waals surface area contributed by atoms with Crippen LogP contribution < -0.4 is 9.47 Å². The summed E-state index contributed by atoms with van der Waals surface area (Å²) in [5.41, 5.74) is -0.388. The number of ether oxygens (including phenoxy) is 2. The number of aromatic nitrogens is 2. The van der Waals surface area contributed by atoms with E-state index in [0.29, 0.717) is 42.3 Å². The van der Waals surface area contributed by atoms with E-state index in [0.717, 1.165) is 30.5 Å². The fourth-order valence-corrected chi connectivity index (χ4v) is 5.40. The zero-order valence-electron chi connectivity index (χ0n) is 18.1. The van der Waals surface area contributed by atoms with Crippen molar-refractivity contribution in [3.05, 3.63) is 59.5 Å². The van der Waals surface area contributed by atoms with Crippen molar-refractivity contribution in [3.8, 4) is 22.9 Å². The predicted molar refractivity (Wildman–Crippen MR) is 113 cm³/mol. The van der Waals surface area contributed by atoms with Crippen LogP contribution in [-0.2, 0) is 18.3 Å². The van der Waals surface area contributed by atoms with E-state index in [4.69, 9.17) is 14.0 Å². The Morgan fingerprint density at radius 1 is 1.00 bits per heavy atom. The Bertz CT molecular complexity index is 1200. The molecule has 3 atom stereocenters. The van der Waals surface area contributed by atoms with E-state index in [1.54, 1.807) is 0 Å². The van der Waals surface area contributed by atoms with E-state index < -0.39 is 17.3 Å². The molecular formula is C24H22F3N3O4. The van der Waals surface area contributed by atoms with Crippen molar-refractivity contribution in [2.45, 2.75) is 56.1 Å². The number of fused-ring (bicyclic) bond motifs is 3. The van der Waals surface area contributed by atoms with Gasteiger partial charge in [0.2, 0.25) is 18.5 Å². The van der Waals surface area contributed by atoms with Gasteiger partial charge in [-0.25, -0.2) is 0 Å². The number of piperidine rings is 1. The molecule has 0 amide bonds. The highest BCUT2D eigenvalue weighted by Crippen LogP contribution is 2.48. The molecular weight excluding hydrogens is 451 g/mol. The molecule has 2 aromatic carbocycles. The molecule has 7 nitrogen and oxygen atoms in total. The molecule has 178 valence electrons. The molecule has 0 radical (unpaired) electrons. The third kappa shape index (κ3) is 3.70. The Balaban J connectivity index is 1.16. The maximum absolute atomic E-state index is 12.8. The van der Waals surface area contributed by atoms with Crippen molar-refractivity contribution in [2.75, 3.05) is 6.79 Å². The van der Waals surface area contributed by atoms with Crippen molar-refractivity contribution in [3.63, 3.8) is 0 Å². The van der Waals surface area contributed by atoms with Gasteiger partial charge in [-0.15, -0.1) is 0 Å². The zero-order valence-corrected chi connectivity index (χ0v) is 18.1. The van der Waals surface area contributed by atoms with Gasteiger partial charge in [0, 0.05) is 17.6 Å². The summed E-state index contributed by atoms with van der Waals surface area (Å²) in [6.45, 7) is 0.620. The van der Waals surface area contributed by atoms with Gasteiger partial charge in [0.15, 0.2) is 11.5 Å². The van der Waals surface area contributed by atoms with Gasteiger partial charge < -0.3 is 19.1 Å². The molecule has 1 unspecified atom stereocenters. The van der Waals surface area contributed by atoms with E-state index in [9.17, 15) is 18.3 Å². The minimum absolute atomic E-state index is 0.149. The van der Waals surface area contributed by atoms with Crippen molar-refractivity contribution < 1.29 is 32.3 Å². The molecule has 2 bridgehead atoms. The summed E-state index contributed by atoms with van der Waals surface area (Å²) in [4.78, 5) is 6.69. The van der Waals surface area contributed by atoms with Gasteiger partial charge in [0.1, 0.15) is 0 Å². The van der Waals surface area contributed by atoms with Crippen molar-refractivity contribution >= 4 is 0 Å². The topological polar surface area (TPSA) is 80.9 Å². The minimum Gasteiger partial charge on any atom is -0.454 e. The SMILES string of the molecule is OC1(c2ccc3c(c2)OCO3)C[C@H]2CC[C@@H](C1)N2Cc1nc(-c2ccc(C(F)(F)F)cc2)no1. The molecule has 6 rings (SSSR count). The third-order valence-corrected chi connectivity index (χ3v) is 7.08. The van der Waals surface area contributed by atoms with Gasteiger partial charge in [-0.3, -0.25) is 4.90 Å². The molecule has 10 heteroatoms. The highest BCUT2D eigenvalue weighted by atomic mass is 19.4. The molecule has 1 aromatic heterocycles. The fraction of sp³-hybridized carbons (Fsp3) is 0.417. The van der Waals surface area contributed by atoms with Crippen LogP contribution in [0, 0.1) is 0 Å². The van der Waals surface area contributed by atoms with Gasteiger partial charge in [-0.2, -0.15) is 18.2 Å². The van der Waals surface area contributed by atoms with E-state index >= 15 is 0 Å². The highest BCUT2D eigenvalue weighted by molar-refractivity contribution is 5.54. The Hall–Kier alpha value is -3.11. The van der Waals surface area contributed by atoms with Crippen LogP contribution in [0.25, 0.3) is 11.4 Å². The lowest BCUT2D eigenvalue weighted by Crippen LogP contribution is -2.49. The lowest BCUT2D eigenvalue weighted by atomic mass is 9.80. The number of alkyl halides is 3. The van der Waals surface area contributed by atoms with Crippen LogP contribution in [0.3, 0.4) is 0 Å². The van der Waals surface area contributed by atoms with E-state index in [1.807, 2.05) is 18.2 Å². The average Bonchev–Trinajstić information content (AvgIpc) is 3.52. The maximum atomic E-state index is 12.8. The van der Waals surface area contributed by atoms with Gasteiger partial charge in [0.05, 0.1) is 17.7 Å². The first-order valence-electron chi connectivity index (χ1n) is 11.2. The van der Waals surface area contributed by atoms with E-state index in [1.165, 1.54) is 12.1 Å². The summed E-state index contributed by atoms with van der Waals surface area (Å²) in [6.07, 6.45) is -1.34. The number of halogens is 3. The summed E-state index contributed by atoms with van der Waals surface area (Å²) in [5.74, 6) is 2.00. The Morgan fingerprint density at radius 3 is 2.41 bits per heavy atom. The zero-order chi connectivity index (χ0) is 23.5. The van der Waals surface area contributed by atoms with Crippen LogP contribution in [0.15, 0.2) is 47.0 Å². The third-order valence-electron chi connectivity index (χ3n) is 7.08. The molecule has 34 heavy (non-hydrogen) atoms. The summed E-state index contributed by atoms with van der Waals surface area (Å²) in [6, 6.07) is 10.6. The van der Waals surface area contributed by atoms with E-state index in [-0.39, 0.29) is 24.7 Å². The monoisotopic (exact) mass is 473 g/mol. The van der Waals surface area contributed by atoms with E-state index in [2.05, 4.69) is 15.0 Å². The molecule has 3 aliphatic rings. The van der Waals surface area contributed by atoms with Gasteiger partial charge in [0.25, 0.3) is 0 Å². The molecule has 1 N–H and O–H groups in total. The first-order chi connectivity index (χ1) is 16.3. The van der Waals surface area contributed by atoms with Crippen LogP contribution in [-0.4, -0.2) is 39.0 Å². The molecule has 3 aromatic rings. The standard InChI is InChI=1S/C24H22F3N3O4/c25-24(26,27)15-3-1-14(2-4-15)22-28-21(34-29-22)12-30-17-6-7-18(30)11-23(31,10-17)16-5-8-19-20(9-16)33-13-32-19/h1-5,8-9,17-18,31H,6-7,10-13H2/t17-,18+,23?. The summed E-state index contributed by atoms with van der Waals surface area (Å²) >= 11 is 0. The lowest BCUT2D eigenvalue weighted by Gasteiger charge is -2.43. The van der Waals surface area contributed by atoms with Crippen LogP contribution in [0.5, 0.6) is 11.5 Å². The maximum Gasteiger partial charge on any atom is 0.416 e. The van der Waals surface area contributed by atoms with Gasteiger partial charge in [-0.1, -0.05) is 23.4 Å². The van der Waals surface area contributed by atoms with Gasteiger partial charge >= 0.3 is 6.18 Å². The van der Waals surface area contributed by atoms with Crippen LogP contribution >= 0.6 is 0 Å². The Labute approximate surface area is 193 Å². The summed E-state index contributed by atoms with van der Waals surface area (Å²) < 4.78 is 54.7. The number of hydrogen-bond donors (Lipinski definition) is 1. The first kappa shape index (κ1) is 21.4.